The van der Waals surface area contributed by atoms with E-state index in [1.165, 1.54) is 77.0 Å². The number of hydrogen-bond donors (Lipinski definition) is 1. The van der Waals surface area contributed by atoms with Gasteiger partial charge in [-0.05, 0) is 88.3 Å². The zero-order chi connectivity index (χ0) is 28.5. The summed E-state index contributed by atoms with van der Waals surface area (Å²) >= 11 is 0. The maximum Gasteiger partial charge on any atom is 0.251 e. The molecule has 5 heteroatoms. The van der Waals surface area contributed by atoms with Crippen LogP contribution in [0, 0.1) is 35.5 Å². The van der Waals surface area contributed by atoms with E-state index in [-0.39, 0.29) is 5.91 Å². The number of rotatable bonds is 22. The third-order valence-electron chi connectivity index (χ3n) is 9.55. The summed E-state index contributed by atoms with van der Waals surface area (Å²) in [5.41, 5.74) is 0. The lowest BCUT2D eigenvalue weighted by molar-refractivity contribution is -0.137. The first-order valence-electron chi connectivity index (χ1n) is 16.8. The van der Waals surface area contributed by atoms with Crippen LogP contribution >= 0.6 is 0 Å². The normalized spacial score (nSPS) is 25.7. The molecule has 230 valence electrons. The Hall–Kier alpha value is -0.650. The standard InChI is InChI=1S/C34H66N2O3/c1-27(10-7-12-31-16-14-29(3)24-31)18-22-38-26-33(34(37)35-20-9-21-36(5)6)39-23-19-28(2)11-8-13-32-17-15-30(4)25-32/h27-33H,7-26H2,1-6H3,(H,35,37)/t27-,28-,29?,30?,31?,32?,33+/m1/s1. The van der Waals surface area contributed by atoms with E-state index in [2.05, 4.69) is 52.0 Å². The molecule has 0 bridgehead atoms. The van der Waals surface area contributed by atoms with Crippen LogP contribution < -0.4 is 5.32 Å². The van der Waals surface area contributed by atoms with Crippen molar-refractivity contribution < 1.29 is 14.3 Å². The van der Waals surface area contributed by atoms with Crippen LogP contribution in [0.2, 0.25) is 0 Å². The molecule has 0 aromatic heterocycles. The number of hydrogen-bond acceptors (Lipinski definition) is 4. The summed E-state index contributed by atoms with van der Waals surface area (Å²) in [4.78, 5) is 15.0. The summed E-state index contributed by atoms with van der Waals surface area (Å²) in [6.07, 6.45) is 19.1. The van der Waals surface area contributed by atoms with Gasteiger partial charge in [0.15, 0.2) is 6.10 Å². The molecular weight excluding hydrogens is 484 g/mol. The van der Waals surface area contributed by atoms with Crippen molar-refractivity contribution in [1.29, 1.82) is 0 Å². The molecule has 2 aliphatic rings. The summed E-state index contributed by atoms with van der Waals surface area (Å²) in [7, 11) is 4.13. The van der Waals surface area contributed by atoms with Gasteiger partial charge < -0.3 is 19.7 Å². The topological polar surface area (TPSA) is 50.8 Å². The van der Waals surface area contributed by atoms with Crippen molar-refractivity contribution in [3.63, 3.8) is 0 Å². The second-order valence-corrected chi connectivity index (χ2v) is 14.1. The fraction of sp³-hybridized carbons (Fsp3) is 0.971. The van der Waals surface area contributed by atoms with Gasteiger partial charge in [-0.15, -0.1) is 0 Å². The van der Waals surface area contributed by atoms with E-state index in [9.17, 15) is 4.79 Å². The Bertz CT molecular complexity index is 628. The number of nitrogens with zero attached hydrogens (tertiary/aromatic N) is 1. The molecule has 0 heterocycles. The van der Waals surface area contributed by atoms with Crippen LogP contribution in [0.4, 0.5) is 0 Å². The van der Waals surface area contributed by atoms with E-state index in [4.69, 9.17) is 9.47 Å². The third kappa shape index (κ3) is 16.4. The Balaban J connectivity index is 1.62. The molecule has 2 aliphatic carbocycles. The van der Waals surface area contributed by atoms with E-state index in [1.807, 2.05) is 0 Å². The monoisotopic (exact) mass is 551 g/mol. The van der Waals surface area contributed by atoms with Gasteiger partial charge in [-0.2, -0.15) is 0 Å². The summed E-state index contributed by atoms with van der Waals surface area (Å²) < 4.78 is 12.2. The number of carbonyl (C=O) groups excluding carboxylic acids is 1. The zero-order valence-corrected chi connectivity index (χ0v) is 26.9. The number of nitrogens with one attached hydrogen (secondary N) is 1. The lowest BCUT2D eigenvalue weighted by Gasteiger charge is -2.20. The van der Waals surface area contributed by atoms with Crippen LogP contribution in [0.3, 0.4) is 0 Å². The lowest BCUT2D eigenvalue weighted by Crippen LogP contribution is -2.40. The fourth-order valence-corrected chi connectivity index (χ4v) is 6.78. The first-order chi connectivity index (χ1) is 18.7. The number of carbonyl (C=O) groups is 1. The van der Waals surface area contributed by atoms with Gasteiger partial charge >= 0.3 is 0 Å². The Morgan fingerprint density at radius 3 is 1.90 bits per heavy atom. The Labute approximate surface area is 242 Å². The van der Waals surface area contributed by atoms with Crippen molar-refractivity contribution in [2.75, 3.05) is 47.0 Å². The number of ether oxygens (including phenoxy) is 2. The van der Waals surface area contributed by atoms with Crippen LogP contribution in [0.25, 0.3) is 0 Å². The van der Waals surface area contributed by atoms with E-state index in [0.717, 1.165) is 49.5 Å². The molecule has 4 unspecified atom stereocenters. The SMILES string of the molecule is CC1CCC(CCC[C@@H](C)CCOC[C@H](OCC[C@H](C)CCCC2CCC(C)C2)C(=O)NCCCN(C)C)C1. The van der Waals surface area contributed by atoms with Crippen molar-refractivity contribution in [3.8, 4) is 0 Å². The molecule has 2 fully saturated rings. The molecule has 0 radical (unpaired) electrons. The van der Waals surface area contributed by atoms with Crippen molar-refractivity contribution in [3.05, 3.63) is 0 Å². The molecule has 0 aromatic rings. The highest BCUT2D eigenvalue weighted by Gasteiger charge is 2.23. The molecule has 2 rings (SSSR count). The zero-order valence-electron chi connectivity index (χ0n) is 26.9. The molecular formula is C34H66N2O3. The van der Waals surface area contributed by atoms with Crippen LogP contribution in [0.15, 0.2) is 0 Å². The minimum Gasteiger partial charge on any atom is -0.378 e. The number of amides is 1. The van der Waals surface area contributed by atoms with Gasteiger partial charge in [0.05, 0.1) is 6.61 Å². The summed E-state index contributed by atoms with van der Waals surface area (Å²) in [5.74, 6) is 5.10. The minimum absolute atomic E-state index is 0.0180. The van der Waals surface area contributed by atoms with Crippen molar-refractivity contribution in [1.82, 2.24) is 10.2 Å². The maximum absolute atomic E-state index is 12.9. The molecule has 1 N–H and O–H groups in total. The maximum atomic E-state index is 12.9. The van der Waals surface area contributed by atoms with Crippen LogP contribution in [-0.2, 0) is 14.3 Å². The van der Waals surface area contributed by atoms with Crippen molar-refractivity contribution in [2.45, 2.75) is 130 Å². The second kappa shape index (κ2) is 20.3. The molecule has 0 aromatic carbocycles. The summed E-state index contributed by atoms with van der Waals surface area (Å²) in [6.45, 7) is 12.9. The molecule has 7 atom stereocenters. The Kier molecular flexibility index (Phi) is 18.0. The first kappa shape index (κ1) is 34.6. The van der Waals surface area contributed by atoms with E-state index >= 15 is 0 Å². The molecule has 5 nitrogen and oxygen atoms in total. The van der Waals surface area contributed by atoms with Crippen LogP contribution in [0.5, 0.6) is 0 Å². The third-order valence-corrected chi connectivity index (χ3v) is 9.55. The average Bonchev–Trinajstić information content (AvgIpc) is 3.50. The fourth-order valence-electron chi connectivity index (χ4n) is 6.78. The lowest BCUT2D eigenvalue weighted by atomic mass is 9.94. The molecule has 0 aliphatic heterocycles. The predicted molar refractivity (Wildman–Crippen MR) is 165 cm³/mol. The largest absolute Gasteiger partial charge is 0.378 e. The highest BCUT2D eigenvalue weighted by molar-refractivity contribution is 5.80. The highest BCUT2D eigenvalue weighted by Crippen LogP contribution is 2.35. The summed E-state index contributed by atoms with van der Waals surface area (Å²) in [6, 6.07) is 0. The quantitative estimate of drug-likeness (QED) is 0.140. The first-order valence-corrected chi connectivity index (χ1v) is 16.8. The average molecular weight is 551 g/mol. The van der Waals surface area contributed by atoms with E-state index in [1.54, 1.807) is 0 Å². The molecule has 0 spiro atoms. The second-order valence-electron chi connectivity index (χ2n) is 14.1. The van der Waals surface area contributed by atoms with Crippen molar-refractivity contribution in [2.24, 2.45) is 35.5 Å². The minimum atomic E-state index is -0.504. The van der Waals surface area contributed by atoms with Gasteiger partial charge in [0.1, 0.15) is 0 Å². The van der Waals surface area contributed by atoms with Gasteiger partial charge in [-0.3, -0.25) is 4.79 Å². The van der Waals surface area contributed by atoms with E-state index in [0.29, 0.717) is 38.2 Å². The smallest absolute Gasteiger partial charge is 0.251 e. The van der Waals surface area contributed by atoms with Gasteiger partial charge in [0, 0.05) is 19.8 Å². The van der Waals surface area contributed by atoms with E-state index < -0.39 is 6.10 Å². The molecule has 2 saturated carbocycles. The highest BCUT2D eigenvalue weighted by atomic mass is 16.5. The van der Waals surface area contributed by atoms with Gasteiger partial charge in [0.2, 0.25) is 0 Å². The van der Waals surface area contributed by atoms with Gasteiger partial charge in [0.25, 0.3) is 5.91 Å². The Morgan fingerprint density at radius 2 is 1.38 bits per heavy atom. The van der Waals surface area contributed by atoms with Crippen LogP contribution in [0.1, 0.15) is 124 Å². The molecule has 1 amide bonds. The molecule has 0 saturated heterocycles. The summed E-state index contributed by atoms with van der Waals surface area (Å²) in [5, 5.41) is 3.08. The molecule has 39 heavy (non-hydrogen) atoms. The Morgan fingerprint density at radius 1 is 0.821 bits per heavy atom. The van der Waals surface area contributed by atoms with Gasteiger partial charge in [-0.25, -0.2) is 0 Å². The van der Waals surface area contributed by atoms with Crippen LogP contribution in [-0.4, -0.2) is 63.9 Å². The predicted octanol–water partition coefficient (Wildman–Crippen LogP) is 7.72. The van der Waals surface area contributed by atoms with Gasteiger partial charge in [-0.1, -0.05) is 91.9 Å². The van der Waals surface area contributed by atoms with Crippen molar-refractivity contribution >= 4 is 5.91 Å².